The molecule has 1 aromatic carbocycles. The molecule has 0 aliphatic heterocycles. The van der Waals surface area contributed by atoms with Gasteiger partial charge in [-0.05, 0) is 37.8 Å². The van der Waals surface area contributed by atoms with Crippen LogP contribution in [0.2, 0.25) is 0 Å². The molecule has 122 valence electrons. The third-order valence-corrected chi connectivity index (χ3v) is 3.83. The highest BCUT2D eigenvalue weighted by Gasteiger charge is 2.27. The van der Waals surface area contributed by atoms with Crippen molar-refractivity contribution < 1.29 is 14.7 Å². The maximum Gasteiger partial charge on any atom is 0.311 e. The first-order valence-corrected chi connectivity index (χ1v) is 7.98. The predicted octanol–water partition coefficient (Wildman–Crippen LogP) is 3.51. The van der Waals surface area contributed by atoms with Crippen molar-refractivity contribution in [1.82, 2.24) is 4.90 Å². The summed E-state index contributed by atoms with van der Waals surface area (Å²) in [5.41, 5.74) is 2.68. The van der Waals surface area contributed by atoms with E-state index in [-0.39, 0.29) is 12.3 Å². The van der Waals surface area contributed by atoms with Crippen LogP contribution in [0.3, 0.4) is 0 Å². The molecule has 0 aliphatic rings. The molecule has 0 saturated carbocycles. The number of hydrogen-bond acceptors (Lipinski definition) is 2. The minimum atomic E-state index is -0.935. The van der Waals surface area contributed by atoms with Crippen molar-refractivity contribution in [2.75, 3.05) is 13.1 Å². The number of aliphatic carboxylic acids is 1. The molecule has 1 atom stereocenters. The molecule has 1 rings (SSSR count). The van der Waals surface area contributed by atoms with Crippen LogP contribution in [0.25, 0.3) is 0 Å². The predicted molar refractivity (Wildman–Crippen MR) is 88.1 cm³/mol. The molecule has 0 aromatic heterocycles. The molecule has 0 heterocycles. The van der Waals surface area contributed by atoms with Crippen molar-refractivity contribution in [3.05, 3.63) is 34.9 Å². The lowest BCUT2D eigenvalue weighted by molar-refractivity contribution is -0.142. The fraction of sp³-hybridized carbons (Fsp3) is 0.556. The summed E-state index contributed by atoms with van der Waals surface area (Å²) >= 11 is 0. The second-order valence-electron chi connectivity index (χ2n) is 5.84. The van der Waals surface area contributed by atoms with Gasteiger partial charge in [-0.3, -0.25) is 9.59 Å². The molecule has 4 heteroatoms. The lowest BCUT2D eigenvalue weighted by Gasteiger charge is -2.24. The van der Waals surface area contributed by atoms with Crippen LogP contribution < -0.4 is 0 Å². The highest BCUT2D eigenvalue weighted by Crippen LogP contribution is 2.25. The molecule has 1 aromatic rings. The summed E-state index contributed by atoms with van der Waals surface area (Å²) in [4.78, 5) is 25.9. The average Bonchev–Trinajstić information content (AvgIpc) is 2.46. The highest BCUT2D eigenvalue weighted by atomic mass is 16.4. The molecule has 1 N–H and O–H groups in total. The summed E-state index contributed by atoms with van der Waals surface area (Å²) in [5, 5.41) is 9.56. The number of carboxylic acid groups (broad SMARTS) is 1. The van der Waals surface area contributed by atoms with E-state index in [1.807, 2.05) is 45.9 Å². The summed E-state index contributed by atoms with van der Waals surface area (Å²) in [6.45, 7) is 9.25. The van der Waals surface area contributed by atoms with Crippen molar-refractivity contribution in [2.45, 2.75) is 52.9 Å². The maximum atomic E-state index is 12.5. The van der Waals surface area contributed by atoms with Crippen LogP contribution in [0.5, 0.6) is 0 Å². The number of rotatable bonds is 8. The van der Waals surface area contributed by atoms with Crippen LogP contribution in [0, 0.1) is 13.8 Å². The Morgan fingerprint density at radius 1 is 1.14 bits per heavy atom. The molecule has 0 aliphatic carbocycles. The Labute approximate surface area is 133 Å². The number of benzene rings is 1. The Morgan fingerprint density at radius 2 is 1.73 bits per heavy atom. The molecule has 22 heavy (non-hydrogen) atoms. The van der Waals surface area contributed by atoms with Gasteiger partial charge in [0.05, 0.1) is 5.92 Å². The smallest absolute Gasteiger partial charge is 0.311 e. The van der Waals surface area contributed by atoms with Crippen molar-refractivity contribution >= 4 is 11.9 Å². The average molecular weight is 305 g/mol. The van der Waals surface area contributed by atoms with Crippen molar-refractivity contribution in [3.8, 4) is 0 Å². The van der Waals surface area contributed by atoms with E-state index in [2.05, 4.69) is 0 Å². The van der Waals surface area contributed by atoms with Gasteiger partial charge in [0.25, 0.3) is 0 Å². The van der Waals surface area contributed by atoms with E-state index in [1.165, 1.54) is 0 Å². The van der Waals surface area contributed by atoms with Gasteiger partial charge in [0.2, 0.25) is 5.91 Å². The van der Waals surface area contributed by atoms with E-state index in [0.29, 0.717) is 13.1 Å². The molecule has 1 unspecified atom stereocenters. The van der Waals surface area contributed by atoms with Crippen molar-refractivity contribution in [3.63, 3.8) is 0 Å². The third kappa shape index (κ3) is 4.86. The van der Waals surface area contributed by atoms with Gasteiger partial charge in [-0.25, -0.2) is 0 Å². The molecule has 0 spiro atoms. The normalized spacial score (nSPS) is 12.0. The maximum absolute atomic E-state index is 12.5. The zero-order valence-corrected chi connectivity index (χ0v) is 14.1. The van der Waals surface area contributed by atoms with E-state index in [9.17, 15) is 14.7 Å². The van der Waals surface area contributed by atoms with E-state index in [4.69, 9.17) is 0 Å². The number of carbonyl (C=O) groups excluding carboxylic acids is 1. The minimum absolute atomic E-state index is 0.0274. The van der Waals surface area contributed by atoms with Gasteiger partial charge in [-0.15, -0.1) is 0 Å². The quantitative estimate of drug-likeness (QED) is 0.799. The van der Waals surface area contributed by atoms with E-state index in [0.717, 1.165) is 29.5 Å². The number of aryl methyl sites for hydroxylation is 2. The SMILES string of the molecule is CCCN(CCC)C(=O)CC(C(=O)O)c1cc(C)ccc1C. The Balaban J connectivity index is 2.99. The van der Waals surface area contributed by atoms with Crippen LogP contribution in [0.15, 0.2) is 18.2 Å². The van der Waals surface area contributed by atoms with Crippen molar-refractivity contribution in [2.24, 2.45) is 0 Å². The van der Waals surface area contributed by atoms with Gasteiger partial charge >= 0.3 is 5.97 Å². The third-order valence-electron chi connectivity index (χ3n) is 3.83. The summed E-state index contributed by atoms with van der Waals surface area (Å²) in [6.07, 6.45) is 1.79. The number of carbonyl (C=O) groups is 2. The van der Waals surface area contributed by atoms with Crippen molar-refractivity contribution in [1.29, 1.82) is 0 Å². The lowest BCUT2D eigenvalue weighted by Crippen LogP contribution is -2.34. The second-order valence-corrected chi connectivity index (χ2v) is 5.84. The molecular formula is C18H27NO3. The van der Waals surface area contributed by atoms with Gasteiger partial charge in [0.15, 0.2) is 0 Å². The topological polar surface area (TPSA) is 57.6 Å². The fourth-order valence-corrected chi connectivity index (χ4v) is 2.67. The zero-order valence-electron chi connectivity index (χ0n) is 14.1. The first-order chi connectivity index (χ1) is 10.4. The van der Waals surface area contributed by atoms with Crippen LogP contribution in [0.4, 0.5) is 0 Å². The standard InChI is InChI=1S/C18H27NO3/c1-5-9-19(10-6-2)17(20)12-16(18(21)22)15-11-13(3)7-8-14(15)4/h7-8,11,16H,5-6,9-10,12H2,1-4H3,(H,21,22). The second kappa shape index (κ2) is 8.57. The molecule has 4 nitrogen and oxygen atoms in total. The van der Waals surface area contributed by atoms with Gasteiger partial charge < -0.3 is 10.0 Å². The Hall–Kier alpha value is -1.84. The van der Waals surface area contributed by atoms with Crippen LogP contribution in [-0.4, -0.2) is 35.0 Å². The number of nitrogens with zero attached hydrogens (tertiary/aromatic N) is 1. The Morgan fingerprint density at radius 3 is 2.23 bits per heavy atom. The van der Waals surface area contributed by atoms with Crippen LogP contribution in [-0.2, 0) is 9.59 Å². The van der Waals surface area contributed by atoms with E-state index in [1.54, 1.807) is 4.90 Å². The van der Waals surface area contributed by atoms with Gasteiger partial charge in [0.1, 0.15) is 0 Å². The molecule has 0 radical (unpaired) electrons. The van der Waals surface area contributed by atoms with Crippen LogP contribution >= 0.6 is 0 Å². The first kappa shape index (κ1) is 18.2. The van der Waals surface area contributed by atoms with Gasteiger partial charge in [-0.2, -0.15) is 0 Å². The minimum Gasteiger partial charge on any atom is -0.481 e. The monoisotopic (exact) mass is 305 g/mol. The van der Waals surface area contributed by atoms with E-state index >= 15 is 0 Å². The summed E-state index contributed by atoms with van der Waals surface area (Å²) < 4.78 is 0. The first-order valence-electron chi connectivity index (χ1n) is 7.98. The van der Waals surface area contributed by atoms with Crippen LogP contribution in [0.1, 0.15) is 55.7 Å². The van der Waals surface area contributed by atoms with E-state index < -0.39 is 11.9 Å². The molecule has 0 bridgehead atoms. The molecular weight excluding hydrogens is 278 g/mol. The fourth-order valence-electron chi connectivity index (χ4n) is 2.67. The Kier molecular flexibility index (Phi) is 7.09. The molecule has 0 fully saturated rings. The molecule has 1 amide bonds. The summed E-state index contributed by atoms with van der Waals surface area (Å²) in [5.74, 6) is -1.78. The van der Waals surface area contributed by atoms with Gasteiger partial charge in [0, 0.05) is 19.5 Å². The Bertz CT molecular complexity index is 519. The number of amides is 1. The molecule has 0 saturated heterocycles. The summed E-state index contributed by atoms with van der Waals surface area (Å²) in [6, 6.07) is 5.76. The van der Waals surface area contributed by atoms with Gasteiger partial charge in [-0.1, -0.05) is 37.6 Å². The largest absolute Gasteiger partial charge is 0.481 e. The number of carboxylic acids is 1. The lowest BCUT2D eigenvalue weighted by atomic mass is 9.90. The number of hydrogen-bond donors (Lipinski definition) is 1. The highest BCUT2D eigenvalue weighted by molar-refractivity contribution is 5.86. The summed E-state index contributed by atoms with van der Waals surface area (Å²) in [7, 11) is 0. The zero-order chi connectivity index (χ0) is 16.7.